The third kappa shape index (κ3) is 4.67. The molecular formula is C16H25NO2. The summed E-state index contributed by atoms with van der Waals surface area (Å²) in [5, 5.41) is 12.2. The van der Waals surface area contributed by atoms with Crippen molar-refractivity contribution in [3.63, 3.8) is 0 Å². The van der Waals surface area contributed by atoms with Crippen LogP contribution in [-0.2, 0) is 11.3 Å². The van der Waals surface area contributed by atoms with Gasteiger partial charge in [-0.05, 0) is 37.3 Å². The second-order valence-corrected chi connectivity index (χ2v) is 5.84. The van der Waals surface area contributed by atoms with Crippen LogP contribution in [0, 0.1) is 5.41 Å². The van der Waals surface area contributed by atoms with Crippen molar-refractivity contribution in [2.45, 2.75) is 46.6 Å². The fourth-order valence-corrected chi connectivity index (χ4v) is 1.79. The lowest BCUT2D eigenvalue weighted by atomic mass is 9.94. The van der Waals surface area contributed by atoms with Gasteiger partial charge in [-0.3, -0.25) is 4.79 Å². The Morgan fingerprint density at radius 3 is 2.37 bits per heavy atom. The summed E-state index contributed by atoms with van der Waals surface area (Å²) >= 11 is 0. The maximum Gasteiger partial charge on any atom is 0.310 e. The number of carbonyl (C=O) groups is 1. The van der Waals surface area contributed by atoms with Gasteiger partial charge in [0, 0.05) is 13.1 Å². The van der Waals surface area contributed by atoms with Crippen molar-refractivity contribution < 1.29 is 9.90 Å². The molecule has 0 fully saturated rings. The second kappa shape index (κ2) is 6.71. The summed E-state index contributed by atoms with van der Waals surface area (Å²) in [5.41, 5.74) is 1.82. The molecule has 0 aliphatic carbocycles. The quantitative estimate of drug-likeness (QED) is 0.792. The van der Waals surface area contributed by atoms with E-state index in [-0.39, 0.29) is 0 Å². The minimum absolute atomic E-state index is 0.468. The van der Waals surface area contributed by atoms with Crippen LogP contribution in [0.25, 0.3) is 0 Å². The highest BCUT2D eigenvalue weighted by atomic mass is 16.4. The normalized spacial score (nSPS) is 13.3. The van der Waals surface area contributed by atoms with Crippen molar-refractivity contribution in [3.05, 3.63) is 35.4 Å². The van der Waals surface area contributed by atoms with Crippen LogP contribution < -0.4 is 5.32 Å². The van der Waals surface area contributed by atoms with Crippen LogP contribution in [0.2, 0.25) is 0 Å². The third-order valence-corrected chi connectivity index (χ3v) is 3.64. The van der Waals surface area contributed by atoms with Crippen molar-refractivity contribution in [2.75, 3.05) is 6.54 Å². The molecule has 0 saturated heterocycles. The lowest BCUT2D eigenvalue weighted by molar-refractivity contribution is -0.146. The first-order valence-corrected chi connectivity index (χ1v) is 6.89. The van der Waals surface area contributed by atoms with Gasteiger partial charge >= 0.3 is 5.97 Å². The Bertz CT molecular complexity index is 409. The van der Waals surface area contributed by atoms with E-state index in [9.17, 15) is 4.79 Å². The zero-order valence-corrected chi connectivity index (χ0v) is 12.4. The highest BCUT2D eigenvalue weighted by Gasteiger charge is 2.26. The molecule has 0 spiro atoms. The molecule has 1 atom stereocenters. The molecule has 0 saturated carbocycles. The Kier molecular flexibility index (Phi) is 5.55. The Balaban J connectivity index is 2.49. The molecule has 3 heteroatoms. The molecule has 0 aliphatic heterocycles. The van der Waals surface area contributed by atoms with Gasteiger partial charge in [0.25, 0.3) is 0 Å². The van der Waals surface area contributed by atoms with E-state index in [4.69, 9.17) is 5.11 Å². The average Bonchev–Trinajstić information content (AvgIpc) is 2.38. The molecule has 1 rings (SSSR count). The number of aliphatic carboxylic acids is 1. The Hall–Kier alpha value is -1.35. The van der Waals surface area contributed by atoms with E-state index in [1.807, 2.05) is 0 Å². The standard InChI is InChI=1S/C16H25NO2/c1-5-12(2)14-8-6-13(7-9-14)10-17-11-16(3,4)15(18)19/h6-9,12,17H,5,10-11H2,1-4H3,(H,18,19). The number of carboxylic acids is 1. The smallest absolute Gasteiger partial charge is 0.310 e. The summed E-state index contributed by atoms with van der Waals surface area (Å²) in [6.07, 6.45) is 1.14. The minimum atomic E-state index is -0.771. The molecule has 0 bridgehead atoms. The predicted molar refractivity (Wildman–Crippen MR) is 78.3 cm³/mol. The van der Waals surface area contributed by atoms with Crippen LogP contribution >= 0.6 is 0 Å². The summed E-state index contributed by atoms with van der Waals surface area (Å²) in [7, 11) is 0. The second-order valence-electron chi connectivity index (χ2n) is 5.84. The van der Waals surface area contributed by atoms with Crippen molar-refractivity contribution in [3.8, 4) is 0 Å². The maximum absolute atomic E-state index is 11.0. The molecule has 0 radical (unpaired) electrons. The molecule has 1 unspecified atom stereocenters. The Morgan fingerprint density at radius 2 is 1.89 bits per heavy atom. The molecule has 0 amide bonds. The van der Waals surface area contributed by atoms with Crippen molar-refractivity contribution in [2.24, 2.45) is 5.41 Å². The monoisotopic (exact) mass is 263 g/mol. The molecule has 3 nitrogen and oxygen atoms in total. The van der Waals surface area contributed by atoms with Crippen LogP contribution in [0.1, 0.15) is 51.2 Å². The van der Waals surface area contributed by atoms with Crippen molar-refractivity contribution in [1.82, 2.24) is 5.32 Å². The fourth-order valence-electron chi connectivity index (χ4n) is 1.79. The van der Waals surface area contributed by atoms with Gasteiger partial charge in [-0.25, -0.2) is 0 Å². The van der Waals surface area contributed by atoms with E-state index in [1.54, 1.807) is 13.8 Å². The minimum Gasteiger partial charge on any atom is -0.481 e. The fraction of sp³-hybridized carbons (Fsp3) is 0.562. The van der Waals surface area contributed by atoms with E-state index < -0.39 is 11.4 Å². The van der Waals surface area contributed by atoms with E-state index in [1.165, 1.54) is 11.1 Å². The molecule has 1 aromatic rings. The van der Waals surface area contributed by atoms with Gasteiger partial charge in [-0.2, -0.15) is 0 Å². The number of hydrogen-bond donors (Lipinski definition) is 2. The third-order valence-electron chi connectivity index (χ3n) is 3.64. The van der Waals surface area contributed by atoms with Gasteiger partial charge < -0.3 is 10.4 Å². The van der Waals surface area contributed by atoms with Gasteiger partial charge in [0.05, 0.1) is 5.41 Å². The summed E-state index contributed by atoms with van der Waals surface area (Å²) in [6.45, 7) is 9.05. The highest BCUT2D eigenvalue weighted by Crippen LogP contribution is 2.19. The molecular weight excluding hydrogens is 238 g/mol. The van der Waals surface area contributed by atoms with E-state index in [2.05, 4.69) is 43.4 Å². The van der Waals surface area contributed by atoms with Gasteiger partial charge in [0.15, 0.2) is 0 Å². The van der Waals surface area contributed by atoms with Gasteiger partial charge in [0.1, 0.15) is 0 Å². The maximum atomic E-state index is 11.0. The number of rotatable bonds is 7. The number of carboxylic acid groups (broad SMARTS) is 1. The van der Waals surface area contributed by atoms with Gasteiger partial charge in [-0.15, -0.1) is 0 Å². The summed E-state index contributed by atoms with van der Waals surface area (Å²) in [5.74, 6) is -0.180. The number of benzene rings is 1. The van der Waals surface area contributed by atoms with Gasteiger partial charge in [0.2, 0.25) is 0 Å². The molecule has 0 heterocycles. The number of nitrogens with one attached hydrogen (secondary N) is 1. The predicted octanol–water partition coefficient (Wildman–Crippen LogP) is 3.40. The van der Waals surface area contributed by atoms with Crippen LogP contribution in [0.15, 0.2) is 24.3 Å². The van der Waals surface area contributed by atoms with Crippen molar-refractivity contribution in [1.29, 1.82) is 0 Å². The SMILES string of the molecule is CCC(C)c1ccc(CNCC(C)(C)C(=O)O)cc1. The summed E-state index contributed by atoms with van der Waals surface area (Å²) in [4.78, 5) is 11.0. The molecule has 0 aromatic heterocycles. The molecule has 2 N–H and O–H groups in total. The topological polar surface area (TPSA) is 49.3 Å². The summed E-state index contributed by atoms with van der Waals surface area (Å²) < 4.78 is 0. The molecule has 19 heavy (non-hydrogen) atoms. The van der Waals surface area contributed by atoms with Crippen LogP contribution in [0.5, 0.6) is 0 Å². The Labute approximate surface area is 116 Å². The lowest BCUT2D eigenvalue weighted by Gasteiger charge is -2.19. The van der Waals surface area contributed by atoms with Crippen LogP contribution in [0.3, 0.4) is 0 Å². The first-order valence-electron chi connectivity index (χ1n) is 6.89. The van der Waals surface area contributed by atoms with Crippen LogP contribution in [0.4, 0.5) is 0 Å². The Morgan fingerprint density at radius 1 is 1.32 bits per heavy atom. The number of hydrogen-bond acceptors (Lipinski definition) is 2. The molecule has 106 valence electrons. The zero-order valence-electron chi connectivity index (χ0n) is 12.4. The van der Waals surface area contributed by atoms with E-state index in [0.717, 1.165) is 6.42 Å². The summed E-state index contributed by atoms with van der Waals surface area (Å²) in [6, 6.07) is 8.55. The van der Waals surface area contributed by atoms with E-state index >= 15 is 0 Å². The van der Waals surface area contributed by atoms with Crippen molar-refractivity contribution >= 4 is 5.97 Å². The first kappa shape index (κ1) is 15.7. The highest BCUT2D eigenvalue weighted by molar-refractivity contribution is 5.73. The lowest BCUT2D eigenvalue weighted by Crippen LogP contribution is -2.35. The first-order chi connectivity index (χ1) is 8.86. The largest absolute Gasteiger partial charge is 0.481 e. The van der Waals surface area contributed by atoms with Crippen LogP contribution in [-0.4, -0.2) is 17.6 Å². The van der Waals surface area contributed by atoms with Gasteiger partial charge in [-0.1, -0.05) is 38.1 Å². The zero-order chi connectivity index (χ0) is 14.5. The van der Waals surface area contributed by atoms with E-state index in [0.29, 0.717) is 19.0 Å². The molecule has 1 aromatic carbocycles. The average molecular weight is 263 g/mol. The molecule has 0 aliphatic rings.